The fourth-order valence-corrected chi connectivity index (χ4v) is 1.43. The fourth-order valence-electron chi connectivity index (χ4n) is 1.24. The summed E-state index contributed by atoms with van der Waals surface area (Å²) in [6.45, 7) is 0.472. The molecule has 0 atom stereocenters. The lowest BCUT2D eigenvalue weighted by Gasteiger charge is -2.06. The fraction of sp³-hybridized carbons (Fsp3) is 0.0769. The molecule has 0 bridgehead atoms. The van der Waals surface area contributed by atoms with Gasteiger partial charge in [-0.25, -0.2) is 0 Å². The average Bonchev–Trinajstić information content (AvgIpc) is 2.29. The summed E-state index contributed by atoms with van der Waals surface area (Å²) in [5.74, 6) is 0.734. The van der Waals surface area contributed by atoms with E-state index < -0.39 is 0 Å². The van der Waals surface area contributed by atoms with Crippen LogP contribution in [0.25, 0.3) is 0 Å². The molecule has 0 fully saturated rings. The third kappa shape index (κ3) is 2.74. The molecule has 0 aromatic heterocycles. The SMILES string of the molecule is Clc1ccccc1COc1[c]cccc1. The van der Waals surface area contributed by atoms with Gasteiger partial charge >= 0.3 is 0 Å². The summed E-state index contributed by atoms with van der Waals surface area (Å²) in [4.78, 5) is 0. The van der Waals surface area contributed by atoms with Gasteiger partial charge in [-0.3, -0.25) is 0 Å². The van der Waals surface area contributed by atoms with E-state index in [4.69, 9.17) is 16.3 Å². The number of hydrogen-bond acceptors (Lipinski definition) is 1. The van der Waals surface area contributed by atoms with E-state index in [1.165, 1.54) is 0 Å². The van der Waals surface area contributed by atoms with Gasteiger partial charge in [0.25, 0.3) is 0 Å². The monoisotopic (exact) mass is 217 g/mol. The van der Waals surface area contributed by atoms with E-state index >= 15 is 0 Å². The maximum Gasteiger partial charge on any atom is 0.127 e. The molecular formula is C13H10ClO. The van der Waals surface area contributed by atoms with Crippen molar-refractivity contribution in [3.8, 4) is 5.75 Å². The van der Waals surface area contributed by atoms with Crippen LogP contribution in [0.3, 0.4) is 0 Å². The Hall–Kier alpha value is -1.47. The van der Waals surface area contributed by atoms with E-state index in [1.807, 2.05) is 48.5 Å². The molecule has 75 valence electrons. The maximum atomic E-state index is 6.00. The van der Waals surface area contributed by atoms with Gasteiger partial charge in [0, 0.05) is 16.7 Å². The minimum Gasteiger partial charge on any atom is -0.488 e. The van der Waals surface area contributed by atoms with Crippen LogP contribution in [-0.4, -0.2) is 0 Å². The second kappa shape index (κ2) is 4.85. The van der Waals surface area contributed by atoms with E-state index in [2.05, 4.69) is 6.07 Å². The largest absolute Gasteiger partial charge is 0.488 e. The average molecular weight is 218 g/mol. The third-order valence-electron chi connectivity index (χ3n) is 2.02. The number of benzene rings is 2. The third-order valence-corrected chi connectivity index (χ3v) is 2.39. The zero-order valence-electron chi connectivity index (χ0n) is 8.11. The summed E-state index contributed by atoms with van der Waals surface area (Å²) in [5.41, 5.74) is 0.983. The number of ether oxygens (including phenoxy) is 1. The van der Waals surface area contributed by atoms with Crippen LogP contribution in [0.15, 0.2) is 48.5 Å². The lowest BCUT2D eigenvalue weighted by Crippen LogP contribution is -1.95. The molecule has 1 radical (unpaired) electrons. The second-order valence-electron chi connectivity index (χ2n) is 3.11. The summed E-state index contributed by atoms with van der Waals surface area (Å²) in [5, 5.41) is 0.730. The Bertz CT molecular complexity index is 426. The smallest absolute Gasteiger partial charge is 0.127 e. The maximum absolute atomic E-state index is 6.00. The van der Waals surface area contributed by atoms with Crippen molar-refractivity contribution >= 4 is 11.6 Å². The summed E-state index contributed by atoms with van der Waals surface area (Å²) < 4.78 is 5.53. The van der Waals surface area contributed by atoms with Crippen molar-refractivity contribution in [2.75, 3.05) is 0 Å². The van der Waals surface area contributed by atoms with Gasteiger partial charge < -0.3 is 4.74 Å². The van der Waals surface area contributed by atoms with Crippen LogP contribution in [0, 0.1) is 6.07 Å². The molecule has 0 amide bonds. The molecule has 0 heterocycles. The Morgan fingerprint density at radius 1 is 1.07 bits per heavy atom. The normalized spacial score (nSPS) is 9.93. The molecule has 2 heteroatoms. The molecule has 0 aliphatic heterocycles. The van der Waals surface area contributed by atoms with Gasteiger partial charge in [0.1, 0.15) is 12.4 Å². The molecule has 0 saturated heterocycles. The van der Waals surface area contributed by atoms with Gasteiger partial charge in [-0.05, 0) is 12.1 Å². The first kappa shape index (κ1) is 10.1. The van der Waals surface area contributed by atoms with E-state index in [1.54, 1.807) is 0 Å². The van der Waals surface area contributed by atoms with Gasteiger partial charge in [-0.1, -0.05) is 48.0 Å². The Labute approximate surface area is 94.3 Å². The van der Waals surface area contributed by atoms with Crippen LogP contribution in [0.2, 0.25) is 5.02 Å². The van der Waals surface area contributed by atoms with Crippen molar-refractivity contribution in [3.05, 3.63) is 65.2 Å². The van der Waals surface area contributed by atoms with Gasteiger partial charge in [-0.2, -0.15) is 0 Å². The van der Waals surface area contributed by atoms with Crippen LogP contribution >= 0.6 is 11.6 Å². The Morgan fingerprint density at radius 2 is 1.87 bits per heavy atom. The molecule has 0 spiro atoms. The highest BCUT2D eigenvalue weighted by Gasteiger charge is 1.99. The zero-order valence-corrected chi connectivity index (χ0v) is 8.87. The number of para-hydroxylation sites is 1. The van der Waals surface area contributed by atoms with Crippen molar-refractivity contribution in [2.24, 2.45) is 0 Å². The van der Waals surface area contributed by atoms with Crippen molar-refractivity contribution in [1.29, 1.82) is 0 Å². The van der Waals surface area contributed by atoms with Crippen LogP contribution in [-0.2, 0) is 6.61 Å². The van der Waals surface area contributed by atoms with Crippen molar-refractivity contribution in [3.63, 3.8) is 0 Å². The summed E-state index contributed by atoms with van der Waals surface area (Å²) in [6, 6.07) is 18.2. The first-order valence-electron chi connectivity index (χ1n) is 4.69. The topological polar surface area (TPSA) is 9.23 Å². The summed E-state index contributed by atoms with van der Waals surface area (Å²) in [6.07, 6.45) is 0. The molecule has 2 rings (SSSR count). The molecule has 0 aliphatic rings. The van der Waals surface area contributed by atoms with Crippen LogP contribution in [0.4, 0.5) is 0 Å². The van der Waals surface area contributed by atoms with Crippen molar-refractivity contribution < 1.29 is 4.74 Å². The Balaban J connectivity index is 2.03. The molecule has 15 heavy (non-hydrogen) atoms. The van der Waals surface area contributed by atoms with E-state index in [0.717, 1.165) is 16.3 Å². The molecule has 0 saturated carbocycles. The van der Waals surface area contributed by atoms with Crippen LogP contribution in [0.5, 0.6) is 5.75 Å². The number of halogens is 1. The quantitative estimate of drug-likeness (QED) is 0.762. The Kier molecular flexibility index (Phi) is 3.25. The van der Waals surface area contributed by atoms with E-state index in [0.29, 0.717) is 6.61 Å². The zero-order chi connectivity index (χ0) is 10.5. The van der Waals surface area contributed by atoms with E-state index in [-0.39, 0.29) is 0 Å². The standard InChI is InChI=1S/C13H10ClO/c14-13-9-5-4-6-11(13)10-15-12-7-2-1-3-8-12/h1-7,9H,10H2. The first-order valence-corrected chi connectivity index (χ1v) is 5.07. The second-order valence-corrected chi connectivity index (χ2v) is 3.51. The molecule has 0 unspecified atom stereocenters. The minimum atomic E-state index is 0.472. The van der Waals surface area contributed by atoms with Gasteiger partial charge in [-0.15, -0.1) is 0 Å². The lowest BCUT2D eigenvalue weighted by atomic mass is 10.2. The first-order chi connectivity index (χ1) is 7.36. The lowest BCUT2D eigenvalue weighted by molar-refractivity contribution is 0.305. The molecule has 2 aromatic rings. The highest BCUT2D eigenvalue weighted by Crippen LogP contribution is 2.17. The summed E-state index contributed by atoms with van der Waals surface area (Å²) >= 11 is 6.00. The predicted octanol–water partition coefficient (Wildman–Crippen LogP) is 3.72. The van der Waals surface area contributed by atoms with Crippen LogP contribution in [0.1, 0.15) is 5.56 Å². The predicted molar refractivity (Wildman–Crippen MR) is 61.1 cm³/mol. The minimum absolute atomic E-state index is 0.472. The Morgan fingerprint density at radius 3 is 2.60 bits per heavy atom. The molecule has 1 nitrogen and oxygen atoms in total. The highest BCUT2D eigenvalue weighted by atomic mass is 35.5. The van der Waals surface area contributed by atoms with Crippen molar-refractivity contribution in [1.82, 2.24) is 0 Å². The van der Waals surface area contributed by atoms with E-state index in [9.17, 15) is 0 Å². The molecular weight excluding hydrogens is 208 g/mol. The highest BCUT2D eigenvalue weighted by molar-refractivity contribution is 6.31. The van der Waals surface area contributed by atoms with Gasteiger partial charge in [0.2, 0.25) is 0 Å². The number of rotatable bonds is 3. The summed E-state index contributed by atoms with van der Waals surface area (Å²) in [7, 11) is 0. The van der Waals surface area contributed by atoms with Gasteiger partial charge in [0.15, 0.2) is 0 Å². The van der Waals surface area contributed by atoms with Gasteiger partial charge in [0.05, 0.1) is 0 Å². The van der Waals surface area contributed by atoms with Crippen molar-refractivity contribution in [2.45, 2.75) is 6.61 Å². The molecule has 2 aromatic carbocycles. The van der Waals surface area contributed by atoms with Crippen LogP contribution < -0.4 is 4.74 Å². The molecule has 0 aliphatic carbocycles. The molecule has 0 N–H and O–H groups in total. The number of hydrogen-bond donors (Lipinski definition) is 0.